The standard InChI is InChI=1S/C11H22OSi/c1-7-8-11(9-10(2)3)12-13(4,5)6/h7,9,11H,1,8H2,2-6H3. The van der Waals surface area contributed by atoms with Crippen molar-refractivity contribution in [2.45, 2.75) is 46.0 Å². The number of rotatable bonds is 5. The highest BCUT2D eigenvalue weighted by Gasteiger charge is 2.18. The highest BCUT2D eigenvalue weighted by atomic mass is 28.4. The van der Waals surface area contributed by atoms with Crippen LogP contribution >= 0.6 is 0 Å². The molecule has 0 aromatic heterocycles. The van der Waals surface area contributed by atoms with Crippen LogP contribution in [0.3, 0.4) is 0 Å². The second kappa shape index (κ2) is 5.40. The number of allylic oxidation sites excluding steroid dienone is 1. The Bertz CT molecular complexity index is 185. The molecule has 0 aliphatic rings. The van der Waals surface area contributed by atoms with Crippen molar-refractivity contribution in [3.8, 4) is 0 Å². The summed E-state index contributed by atoms with van der Waals surface area (Å²) in [5.74, 6) is 0. The lowest BCUT2D eigenvalue weighted by Crippen LogP contribution is -2.30. The molecule has 13 heavy (non-hydrogen) atoms. The Morgan fingerprint density at radius 2 is 1.92 bits per heavy atom. The van der Waals surface area contributed by atoms with E-state index in [1.54, 1.807) is 0 Å². The third kappa shape index (κ3) is 8.00. The van der Waals surface area contributed by atoms with Gasteiger partial charge in [0.15, 0.2) is 8.32 Å². The molecule has 0 aliphatic carbocycles. The molecule has 0 N–H and O–H groups in total. The van der Waals surface area contributed by atoms with Crippen LogP contribution in [0.1, 0.15) is 20.3 Å². The Kier molecular flexibility index (Phi) is 5.26. The molecular weight excluding hydrogens is 176 g/mol. The first kappa shape index (κ1) is 12.7. The van der Waals surface area contributed by atoms with Gasteiger partial charge in [-0.2, -0.15) is 0 Å². The summed E-state index contributed by atoms with van der Waals surface area (Å²) in [6.07, 6.45) is 5.24. The van der Waals surface area contributed by atoms with E-state index < -0.39 is 8.32 Å². The molecule has 0 fully saturated rings. The second-order valence-electron chi connectivity index (χ2n) is 4.54. The Morgan fingerprint density at radius 3 is 2.23 bits per heavy atom. The maximum atomic E-state index is 5.98. The summed E-state index contributed by atoms with van der Waals surface area (Å²) in [6, 6.07) is 0. The van der Waals surface area contributed by atoms with Crippen LogP contribution in [0.2, 0.25) is 19.6 Å². The van der Waals surface area contributed by atoms with Crippen molar-refractivity contribution >= 4 is 8.32 Å². The minimum atomic E-state index is -1.42. The molecule has 0 spiro atoms. The Morgan fingerprint density at radius 1 is 1.38 bits per heavy atom. The quantitative estimate of drug-likeness (QED) is 0.483. The average molecular weight is 198 g/mol. The fourth-order valence-corrected chi connectivity index (χ4v) is 2.21. The number of hydrogen-bond acceptors (Lipinski definition) is 1. The molecule has 1 nitrogen and oxygen atoms in total. The van der Waals surface area contributed by atoms with E-state index in [4.69, 9.17) is 4.43 Å². The fraction of sp³-hybridized carbons (Fsp3) is 0.636. The molecule has 0 heterocycles. The van der Waals surface area contributed by atoms with Gasteiger partial charge in [-0.15, -0.1) is 6.58 Å². The van der Waals surface area contributed by atoms with Crippen molar-refractivity contribution in [3.63, 3.8) is 0 Å². The van der Waals surface area contributed by atoms with E-state index in [1.165, 1.54) is 5.57 Å². The summed E-state index contributed by atoms with van der Waals surface area (Å²) in [7, 11) is -1.42. The molecule has 0 rings (SSSR count). The van der Waals surface area contributed by atoms with Crippen molar-refractivity contribution in [2.24, 2.45) is 0 Å². The predicted octanol–water partition coefficient (Wildman–Crippen LogP) is 3.75. The van der Waals surface area contributed by atoms with Gasteiger partial charge in [-0.1, -0.05) is 17.7 Å². The van der Waals surface area contributed by atoms with E-state index >= 15 is 0 Å². The molecule has 2 heteroatoms. The van der Waals surface area contributed by atoms with Gasteiger partial charge in [-0.25, -0.2) is 0 Å². The zero-order valence-electron chi connectivity index (χ0n) is 9.55. The summed E-state index contributed by atoms with van der Waals surface area (Å²) >= 11 is 0. The molecule has 0 bridgehead atoms. The van der Waals surface area contributed by atoms with Crippen LogP contribution in [0.5, 0.6) is 0 Å². The van der Waals surface area contributed by atoms with Gasteiger partial charge >= 0.3 is 0 Å². The van der Waals surface area contributed by atoms with Gasteiger partial charge in [-0.05, 0) is 39.9 Å². The minimum absolute atomic E-state index is 0.231. The van der Waals surface area contributed by atoms with Gasteiger partial charge < -0.3 is 4.43 Å². The molecule has 0 radical (unpaired) electrons. The van der Waals surface area contributed by atoms with E-state index in [9.17, 15) is 0 Å². The van der Waals surface area contributed by atoms with E-state index in [0.717, 1.165) is 6.42 Å². The molecule has 0 saturated heterocycles. The van der Waals surface area contributed by atoms with Crippen LogP contribution in [0.15, 0.2) is 24.3 Å². The molecule has 0 aromatic rings. The highest BCUT2D eigenvalue weighted by Crippen LogP contribution is 2.13. The van der Waals surface area contributed by atoms with E-state index in [2.05, 4.69) is 46.1 Å². The summed E-state index contributed by atoms with van der Waals surface area (Å²) in [6.45, 7) is 14.6. The van der Waals surface area contributed by atoms with Crippen molar-refractivity contribution in [2.75, 3.05) is 0 Å². The number of hydrogen-bond donors (Lipinski definition) is 0. The smallest absolute Gasteiger partial charge is 0.184 e. The van der Waals surface area contributed by atoms with Crippen LogP contribution in [-0.4, -0.2) is 14.4 Å². The molecule has 0 aliphatic heterocycles. The summed E-state index contributed by atoms with van der Waals surface area (Å²) in [5.41, 5.74) is 1.31. The molecule has 1 unspecified atom stereocenters. The first-order valence-electron chi connectivity index (χ1n) is 4.79. The highest BCUT2D eigenvalue weighted by molar-refractivity contribution is 6.69. The first-order valence-corrected chi connectivity index (χ1v) is 8.19. The van der Waals surface area contributed by atoms with Gasteiger partial charge in [0.1, 0.15) is 0 Å². The zero-order chi connectivity index (χ0) is 10.5. The largest absolute Gasteiger partial charge is 0.411 e. The van der Waals surface area contributed by atoms with Gasteiger partial charge in [0, 0.05) is 0 Å². The second-order valence-corrected chi connectivity index (χ2v) is 9.00. The Labute approximate surface area is 83.6 Å². The van der Waals surface area contributed by atoms with Crippen molar-refractivity contribution in [1.29, 1.82) is 0 Å². The zero-order valence-corrected chi connectivity index (χ0v) is 10.6. The SMILES string of the molecule is C=CCC(C=C(C)C)O[Si](C)(C)C. The Hall–Kier alpha value is -0.343. The lowest BCUT2D eigenvalue weighted by Gasteiger charge is -2.23. The van der Waals surface area contributed by atoms with Gasteiger partial charge in [0.05, 0.1) is 6.10 Å². The molecular formula is C11H22OSi. The van der Waals surface area contributed by atoms with Crippen molar-refractivity contribution in [1.82, 2.24) is 0 Å². The Balaban J connectivity index is 4.26. The molecule has 76 valence electrons. The van der Waals surface area contributed by atoms with Gasteiger partial charge in [0.2, 0.25) is 0 Å². The van der Waals surface area contributed by atoms with Gasteiger partial charge in [0.25, 0.3) is 0 Å². The molecule has 0 aromatic carbocycles. The lowest BCUT2D eigenvalue weighted by atomic mass is 10.2. The third-order valence-electron chi connectivity index (χ3n) is 1.42. The summed E-state index contributed by atoms with van der Waals surface area (Å²) in [5, 5.41) is 0. The maximum Gasteiger partial charge on any atom is 0.184 e. The van der Waals surface area contributed by atoms with Crippen LogP contribution in [0.4, 0.5) is 0 Å². The van der Waals surface area contributed by atoms with Gasteiger partial charge in [-0.3, -0.25) is 0 Å². The van der Waals surface area contributed by atoms with E-state index in [1.807, 2.05) is 6.08 Å². The van der Waals surface area contributed by atoms with Crippen LogP contribution in [0.25, 0.3) is 0 Å². The molecule has 0 amide bonds. The minimum Gasteiger partial charge on any atom is -0.411 e. The maximum absolute atomic E-state index is 5.98. The topological polar surface area (TPSA) is 9.23 Å². The lowest BCUT2D eigenvalue weighted by molar-refractivity contribution is 0.245. The molecule has 0 saturated carbocycles. The van der Waals surface area contributed by atoms with Crippen molar-refractivity contribution < 1.29 is 4.43 Å². The normalized spacial score (nSPS) is 13.6. The van der Waals surface area contributed by atoms with Crippen LogP contribution in [0, 0.1) is 0 Å². The molecule has 1 atom stereocenters. The summed E-state index contributed by atoms with van der Waals surface area (Å²) in [4.78, 5) is 0. The average Bonchev–Trinajstić information content (AvgIpc) is 1.81. The third-order valence-corrected chi connectivity index (χ3v) is 2.43. The van der Waals surface area contributed by atoms with Crippen LogP contribution < -0.4 is 0 Å². The first-order chi connectivity index (χ1) is 5.85. The van der Waals surface area contributed by atoms with E-state index in [-0.39, 0.29) is 6.10 Å². The predicted molar refractivity (Wildman–Crippen MR) is 62.5 cm³/mol. The van der Waals surface area contributed by atoms with E-state index in [0.29, 0.717) is 0 Å². The fourth-order valence-electron chi connectivity index (χ4n) is 1.14. The monoisotopic (exact) mass is 198 g/mol. The van der Waals surface area contributed by atoms with Crippen LogP contribution in [-0.2, 0) is 4.43 Å². The summed E-state index contributed by atoms with van der Waals surface area (Å²) < 4.78 is 5.98. The van der Waals surface area contributed by atoms with Crippen molar-refractivity contribution in [3.05, 3.63) is 24.3 Å².